The number of H-pyrrole nitrogens is 1. The summed E-state index contributed by atoms with van der Waals surface area (Å²) >= 11 is 0. The van der Waals surface area contributed by atoms with Gasteiger partial charge in [0.1, 0.15) is 12.1 Å². The van der Waals surface area contributed by atoms with Crippen molar-refractivity contribution in [1.82, 2.24) is 20.2 Å². The molecule has 2 N–H and O–H groups in total. The molecule has 0 bridgehead atoms. The van der Waals surface area contributed by atoms with E-state index >= 15 is 0 Å². The molecule has 7 nitrogen and oxygen atoms in total. The average Bonchev–Trinajstić information content (AvgIpc) is 3.24. The minimum Gasteiger partial charge on any atom is -0.356 e. The number of amides is 1. The molecule has 0 aliphatic carbocycles. The van der Waals surface area contributed by atoms with Crippen molar-refractivity contribution in [2.75, 3.05) is 23.3 Å². The summed E-state index contributed by atoms with van der Waals surface area (Å²) in [5.74, 6) is 1.24. The van der Waals surface area contributed by atoms with Gasteiger partial charge < -0.3 is 10.2 Å². The Morgan fingerprint density at radius 3 is 2.68 bits per heavy atom. The van der Waals surface area contributed by atoms with Crippen molar-refractivity contribution in [2.24, 2.45) is 0 Å². The first kappa shape index (κ1) is 18.2. The minimum absolute atomic E-state index is 0.157. The average molecular weight is 376 g/mol. The molecule has 3 aromatic rings. The van der Waals surface area contributed by atoms with Gasteiger partial charge in [-0.3, -0.25) is 9.89 Å². The first-order chi connectivity index (χ1) is 13.6. The third-order valence-corrected chi connectivity index (χ3v) is 5.12. The van der Waals surface area contributed by atoms with Gasteiger partial charge >= 0.3 is 0 Å². The molecule has 0 unspecified atom stereocenters. The third-order valence-electron chi connectivity index (χ3n) is 5.12. The monoisotopic (exact) mass is 376 g/mol. The molecule has 0 radical (unpaired) electrons. The first-order valence-electron chi connectivity index (χ1n) is 9.62. The van der Waals surface area contributed by atoms with Crippen LogP contribution in [0.15, 0.2) is 36.8 Å². The zero-order valence-corrected chi connectivity index (χ0v) is 16.2. The van der Waals surface area contributed by atoms with Gasteiger partial charge in [-0.2, -0.15) is 5.10 Å². The van der Waals surface area contributed by atoms with Gasteiger partial charge in [0.05, 0.1) is 11.3 Å². The van der Waals surface area contributed by atoms with Gasteiger partial charge in [-0.05, 0) is 56.9 Å². The summed E-state index contributed by atoms with van der Waals surface area (Å²) in [7, 11) is 0. The minimum atomic E-state index is -0.157. The number of benzene rings is 1. The lowest BCUT2D eigenvalue weighted by molar-refractivity contribution is 0.102. The molecule has 144 valence electrons. The van der Waals surface area contributed by atoms with Crippen LogP contribution in [0.25, 0.3) is 11.4 Å². The molecule has 1 aromatic carbocycles. The second-order valence-electron chi connectivity index (χ2n) is 7.21. The number of hydrogen-bond donors (Lipinski definition) is 2. The van der Waals surface area contributed by atoms with E-state index in [2.05, 4.69) is 30.4 Å². The fourth-order valence-electron chi connectivity index (χ4n) is 3.65. The van der Waals surface area contributed by atoms with Crippen molar-refractivity contribution in [3.8, 4) is 11.4 Å². The second kappa shape index (κ2) is 7.80. The summed E-state index contributed by atoms with van der Waals surface area (Å²) in [5, 5.41) is 9.88. The molecule has 1 amide bonds. The summed E-state index contributed by atoms with van der Waals surface area (Å²) in [5.41, 5.74) is 4.14. The Morgan fingerprint density at radius 2 is 1.93 bits per heavy atom. The Bertz CT molecular complexity index is 977. The van der Waals surface area contributed by atoms with E-state index in [1.54, 1.807) is 6.20 Å². The van der Waals surface area contributed by atoms with Crippen LogP contribution in [0.2, 0.25) is 0 Å². The predicted molar refractivity (Wildman–Crippen MR) is 110 cm³/mol. The summed E-state index contributed by atoms with van der Waals surface area (Å²) in [6, 6.07) is 7.74. The number of carbonyl (C=O) groups is 1. The van der Waals surface area contributed by atoms with Crippen LogP contribution in [0.1, 0.15) is 40.7 Å². The molecule has 3 heterocycles. The van der Waals surface area contributed by atoms with Crippen molar-refractivity contribution in [3.05, 3.63) is 53.5 Å². The van der Waals surface area contributed by atoms with E-state index in [4.69, 9.17) is 0 Å². The highest BCUT2D eigenvalue weighted by Gasteiger charge is 2.23. The molecule has 1 aliphatic heterocycles. The Morgan fingerprint density at radius 1 is 1.11 bits per heavy atom. The predicted octanol–water partition coefficient (Wildman–Crippen LogP) is 3.73. The maximum absolute atomic E-state index is 13.3. The van der Waals surface area contributed by atoms with E-state index in [1.165, 1.54) is 12.7 Å². The zero-order valence-electron chi connectivity index (χ0n) is 16.2. The van der Waals surface area contributed by atoms with E-state index < -0.39 is 0 Å². The van der Waals surface area contributed by atoms with Crippen LogP contribution >= 0.6 is 0 Å². The fourth-order valence-corrected chi connectivity index (χ4v) is 3.65. The largest absolute Gasteiger partial charge is 0.356 e. The zero-order chi connectivity index (χ0) is 19.5. The highest BCUT2D eigenvalue weighted by atomic mass is 16.1. The van der Waals surface area contributed by atoms with Crippen molar-refractivity contribution in [2.45, 2.75) is 33.1 Å². The van der Waals surface area contributed by atoms with E-state index in [0.717, 1.165) is 48.4 Å². The number of carbonyl (C=O) groups excluding carboxylic acids is 1. The maximum atomic E-state index is 13.3. The first-order valence-corrected chi connectivity index (χ1v) is 9.62. The van der Waals surface area contributed by atoms with Crippen LogP contribution in [0.4, 0.5) is 11.5 Å². The quantitative estimate of drug-likeness (QED) is 0.725. The van der Waals surface area contributed by atoms with Crippen molar-refractivity contribution >= 4 is 17.4 Å². The molecule has 1 fully saturated rings. The highest BCUT2D eigenvalue weighted by molar-refractivity contribution is 6.10. The molecule has 1 aliphatic rings. The molecular weight excluding hydrogens is 352 g/mol. The number of aromatic amines is 1. The van der Waals surface area contributed by atoms with Crippen molar-refractivity contribution in [1.29, 1.82) is 0 Å². The third kappa shape index (κ3) is 3.60. The molecule has 1 saturated heterocycles. The fraction of sp³-hybridized carbons (Fsp3) is 0.333. The van der Waals surface area contributed by atoms with Crippen LogP contribution in [-0.4, -0.2) is 39.2 Å². The van der Waals surface area contributed by atoms with E-state index in [-0.39, 0.29) is 5.91 Å². The summed E-state index contributed by atoms with van der Waals surface area (Å²) in [4.78, 5) is 24.3. The normalized spacial score (nSPS) is 14.1. The number of nitrogens with zero attached hydrogens (tertiary/aromatic N) is 4. The standard InChI is InChI=1S/C21H24N6O/c1-14-6-7-17(16(12-14)19-23-13-24-26-19)25-21(28)18-15(2)8-9-22-20(18)27-10-4-3-5-11-27/h6-9,12-13H,3-5,10-11H2,1-2H3,(H,25,28)(H,23,24,26). The number of rotatable bonds is 4. The van der Waals surface area contributed by atoms with Gasteiger partial charge in [-0.25, -0.2) is 9.97 Å². The van der Waals surface area contributed by atoms with E-state index in [1.807, 2.05) is 38.1 Å². The van der Waals surface area contributed by atoms with Gasteiger partial charge in [0.25, 0.3) is 5.91 Å². The number of hydrogen-bond acceptors (Lipinski definition) is 5. The molecule has 0 atom stereocenters. The van der Waals surface area contributed by atoms with Gasteiger partial charge in [0.15, 0.2) is 5.82 Å². The van der Waals surface area contributed by atoms with Crippen LogP contribution in [-0.2, 0) is 0 Å². The van der Waals surface area contributed by atoms with E-state index in [9.17, 15) is 4.79 Å². The SMILES string of the molecule is Cc1ccc(NC(=O)c2c(C)ccnc2N2CCCCC2)c(-c2ncn[nH]2)c1. The summed E-state index contributed by atoms with van der Waals surface area (Å²) in [6.45, 7) is 5.83. The van der Waals surface area contributed by atoms with Gasteiger partial charge in [0.2, 0.25) is 0 Å². The van der Waals surface area contributed by atoms with E-state index in [0.29, 0.717) is 17.1 Å². The number of piperidine rings is 1. The molecule has 28 heavy (non-hydrogen) atoms. The lowest BCUT2D eigenvalue weighted by atomic mass is 10.1. The molecule has 0 spiro atoms. The Hall–Kier alpha value is -3.22. The van der Waals surface area contributed by atoms with Crippen LogP contribution < -0.4 is 10.2 Å². The molecule has 0 saturated carbocycles. The van der Waals surface area contributed by atoms with Crippen molar-refractivity contribution < 1.29 is 4.79 Å². The lowest BCUT2D eigenvalue weighted by Gasteiger charge is -2.29. The van der Waals surface area contributed by atoms with Gasteiger partial charge in [-0.1, -0.05) is 11.6 Å². The number of pyridine rings is 1. The van der Waals surface area contributed by atoms with Gasteiger partial charge in [0, 0.05) is 24.8 Å². The Kier molecular flexibility index (Phi) is 5.06. The molecule has 2 aromatic heterocycles. The van der Waals surface area contributed by atoms with Crippen molar-refractivity contribution in [3.63, 3.8) is 0 Å². The Labute approximate surface area is 164 Å². The van der Waals surface area contributed by atoms with Crippen LogP contribution in [0.5, 0.6) is 0 Å². The molecule has 4 rings (SSSR count). The summed E-state index contributed by atoms with van der Waals surface area (Å²) < 4.78 is 0. The van der Waals surface area contributed by atoms with Crippen LogP contribution in [0.3, 0.4) is 0 Å². The number of nitrogens with one attached hydrogen (secondary N) is 2. The smallest absolute Gasteiger partial charge is 0.259 e. The topological polar surface area (TPSA) is 86.8 Å². The number of aryl methyl sites for hydroxylation is 2. The highest BCUT2D eigenvalue weighted by Crippen LogP contribution is 2.29. The van der Waals surface area contributed by atoms with Gasteiger partial charge in [-0.15, -0.1) is 0 Å². The van der Waals surface area contributed by atoms with Crippen LogP contribution in [0, 0.1) is 13.8 Å². The Balaban J connectivity index is 1.69. The lowest BCUT2D eigenvalue weighted by Crippen LogP contribution is -2.32. The number of aromatic nitrogens is 4. The second-order valence-corrected chi connectivity index (χ2v) is 7.21. The number of anilines is 2. The maximum Gasteiger partial charge on any atom is 0.259 e. The summed E-state index contributed by atoms with van der Waals surface area (Å²) in [6.07, 6.45) is 6.73. The molecule has 7 heteroatoms. The molecular formula is C21H24N6O.